The molecule has 2 heterocycles. The van der Waals surface area contributed by atoms with Gasteiger partial charge < -0.3 is 9.30 Å². The molecule has 2 rings (SSSR count). The molecule has 2 aromatic heterocycles. The van der Waals surface area contributed by atoms with Gasteiger partial charge in [-0.05, 0) is 18.9 Å². The second kappa shape index (κ2) is 6.35. The van der Waals surface area contributed by atoms with Crippen molar-refractivity contribution in [2.24, 2.45) is 5.92 Å². The van der Waals surface area contributed by atoms with Crippen molar-refractivity contribution in [1.82, 2.24) is 14.5 Å². The number of halogens is 1. The van der Waals surface area contributed by atoms with E-state index in [4.69, 9.17) is 16.3 Å². The standard InChI is InChI=1S/C14H20ClN3O/c1-4-19-9-13(10(2)3)18-12-5-6-16-8-11(12)17-14(18)7-15/h5-6,8,10,13H,4,7,9H2,1-3H3. The van der Waals surface area contributed by atoms with Gasteiger partial charge in [-0.15, -0.1) is 11.6 Å². The van der Waals surface area contributed by atoms with Crippen molar-refractivity contribution in [2.75, 3.05) is 13.2 Å². The van der Waals surface area contributed by atoms with Crippen molar-refractivity contribution < 1.29 is 4.74 Å². The molecule has 0 saturated heterocycles. The van der Waals surface area contributed by atoms with Crippen LogP contribution in [-0.4, -0.2) is 27.7 Å². The van der Waals surface area contributed by atoms with Crippen LogP contribution in [0.4, 0.5) is 0 Å². The van der Waals surface area contributed by atoms with Crippen LogP contribution in [0.5, 0.6) is 0 Å². The Labute approximate surface area is 118 Å². The number of hydrogen-bond donors (Lipinski definition) is 0. The summed E-state index contributed by atoms with van der Waals surface area (Å²) in [6.45, 7) is 7.78. The van der Waals surface area contributed by atoms with E-state index in [0.717, 1.165) is 16.9 Å². The summed E-state index contributed by atoms with van der Waals surface area (Å²) in [7, 11) is 0. The molecule has 2 aromatic rings. The van der Waals surface area contributed by atoms with Gasteiger partial charge in [0.15, 0.2) is 0 Å². The van der Waals surface area contributed by atoms with Crippen LogP contribution in [-0.2, 0) is 10.6 Å². The van der Waals surface area contributed by atoms with Crippen LogP contribution < -0.4 is 0 Å². The Hall–Kier alpha value is -1.13. The highest BCUT2D eigenvalue weighted by atomic mass is 35.5. The molecule has 0 spiro atoms. The van der Waals surface area contributed by atoms with E-state index in [1.165, 1.54) is 0 Å². The molecule has 0 radical (unpaired) electrons. The van der Waals surface area contributed by atoms with E-state index in [2.05, 4.69) is 28.4 Å². The lowest BCUT2D eigenvalue weighted by Gasteiger charge is -2.24. The predicted octanol–water partition coefficient (Wildman–Crippen LogP) is 3.40. The average molecular weight is 282 g/mol. The maximum absolute atomic E-state index is 6.04. The molecule has 0 N–H and O–H groups in total. The highest BCUT2D eigenvalue weighted by Crippen LogP contribution is 2.27. The molecule has 0 aliphatic carbocycles. The minimum Gasteiger partial charge on any atom is -0.380 e. The number of hydrogen-bond acceptors (Lipinski definition) is 3. The van der Waals surface area contributed by atoms with Crippen LogP contribution in [0, 0.1) is 5.92 Å². The topological polar surface area (TPSA) is 39.9 Å². The average Bonchev–Trinajstić information content (AvgIpc) is 2.78. The number of fused-ring (bicyclic) bond motifs is 1. The molecule has 0 bridgehead atoms. The minimum absolute atomic E-state index is 0.237. The van der Waals surface area contributed by atoms with Crippen LogP contribution in [0.15, 0.2) is 18.5 Å². The Morgan fingerprint density at radius 3 is 2.84 bits per heavy atom. The van der Waals surface area contributed by atoms with Gasteiger partial charge in [0.1, 0.15) is 11.3 Å². The smallest absolute Gasteiger partial charge is 0.125 e. The second-order valence-electron chi connectivity index (χ2n) is 4.87. The third-order valence-corrected chi connectivity index (χ3v) is 3.52. The molecule has 19 heavy (non-hydrogen) atoms. The number of nitrogens with zero attached hydrogens (tertiary/aromatic N) is 3. The van der Waals surface area contributed by atoms with Gasteiger partial charge >= 0.3 is 0 Å². The summed E-state index contributed by atoms with van der Waals surface area (Å²) in [5.41, 5.74) is 1.96. The SMILES string of the molecule is CCOCC(C(C)C)n1c(CCl)nc2cnccc21. The zero-order valence-electron chi connectivity index (χ0n) is 11.6. The van der Waals surface area contributed by atoms with Gasteiger partial charge in [-0.1, -0.05) is 13.8 Å². The predicted molar refractivity (Wildman–Crippen MR) is 77.5 cm³/mol. The van der Waals surface area contributed by atoms with E-state index in [-0.39, 0.29) is 6.04 Å². The second-order valence-corrected chi connectivity index (χ2v) is 5.13. The highest BCUT2D eigenvalue weighted by Gasteiger charge is 2.21. The molecule has 0 aromatic carbocycles. The van der Waals surface area contributed by atoms with Gasteiger partial charge in [-0.2, -0.15) is 0 Å². The summed E-state index contributed by atoms with van der Waals surface area (Å²) >= 11 is 6.04. The molecule has 0 amide bonds. The lowest BCUT2D eigenvalue weighted by Crippen LogP contribution is -2.22. The molecule has 0 aliphatic heterocycles. The number of imidazole rings is 1. The monoisotopic (exact) mass is 281 g/mol. The van der Waals surface area contributed by atoms with Gasteiger partial charge in [0.2, 0.25) is 0 Å². The van der Waals surface area contributed by atoms with Gasteiger partial charge in [-0.25, -0.2) is 4.98 Å². The molecule has 1 atom stereocenters. The van der Waals surface area contributed by atoms with Gasteiger partial charge in [-0.3, -0.25) is 4.98 Å². The number of pyridine rings is 1. The molecular formula is C14H20ClN3O. The van der Waals surface area contributed by atoms with Gasteiger partial charge in [0.25, 0.3) is 0 Å². The fourth-order valence-corrected chi connectivity index (χ4v) is 2.46. The Morgan fingerprint density at radius 2 is 2.21 bits per heavy atom. The third-order valence-electron chi connectivity index (χ3n) is 3.28. The fourth-order valence-electron chi connectivity index (χ4n) is 2.27. The minimum atomic E-state index is 0.237. The normalized spacial score (nSPS) is 13.3. The number of ether oxygens (including phenoxy) is 1. The van der Waals surface area contributed by atoms with E-state index in [9.17, 15) is 0 Å². The van der Waals surface area contributed by atoms with Crippen molar-refractivity contribution in [3.63, 3.8) is 0 Å². The number of alkyl halides is 1. The fraction of sp³-hybridized carbons (Fsp3) is 0.571. The first-order valence-corrected chi connectivity index (χ1v) is 7.17. The lowest BCUT2D eigenvalue weighted by atomic mass is 10.0. The van der Waals surface area contributed by atoms with Crippen LogP contribution in [0.2, 0.25) is 0 Å². The quantitative estimate of drug-likeness (QED) is 0.762. The zero-order valence-corrected chi connectivity index (χ0v) is 12.4. The Kier molecular flexibility index (Phi) is 4.77. The highest BCUT2D eigenvalue weighted by molar-refractivity contribution is 6.16. The van der Waals surface area contributed by atoms with Crippen LogP contribution in [0.25, 0.3) is 11.0 Å². The molecular weight excluding hydrogens is 262 g/mol. The van der Waals surface area contributed by atoms with Crippen molar-refractivity contribution in [2.45, 2.75) is 32.7 Å². The lowest BCUT2D eigenvalue weighted by molar-refractivity contribution is 0.0971. The van der Waals surface area contributed by atoms with Crippen LogP contribution >= 0.6 is 11.6 Å². The van der Waals surface area contributed by atoms with Crippen molar-refractivity contribution in [3.05, 3.63) is 24.3 Å². The summed E-state index contributed by atoms with van der Waals surface area (Å²) < 4.78 is 7.82. The summed E-state index contributed by atoms with van der Waals surface area (Å²) in [6.07, 6.45) is 3.57. The summed E-state index contributed by atoms with van der Waals surface area (Å²) in [5.74, 6) is 1.71. The third kappa shape index (κ3) is 2.90. The summed E-state index contributed by atoms with van der Waals surface area (Å²) in [4.78, 5) is 8.67. The van der Waals surface area contributed by atoms with Crippen molar-refractivity contribution >= 4 is 22.6 Å². The van der Waals surface area contributed by atoms with E-state index < -0.39 is 0 Å². The zero-order chi connectivity index (χ0) is 13.8. The number of aromatic nitrogens is 3. The molecule has 1 unspecified atom stereocenters. The van der Waals surface area contributed by atoms with Crippen molar-refractivity contribution in [1.29, 1.82) is 0 Å². The molecule has 0 aliphatic rings. The van der Waals surface area contributed by atoms with E-state index >= 15 is 0 Å². The first-order valence-electron chi connectivity index (χ1n) is 6.63. The number of rotatable bonds is 6. The molecule has 0 saturated carbocycles. The molecule has 4 nitrogen and oxygen atoms in total. The molecule has 5 heteroatoms. The van der Waals surface area contributed by atoms with Crippen LogP contribution in [0.1, 0.15) is 32.6 Å². The Balaban J connectivity index is 2.50. The molecule has 104 valence electrons. The first-order chi connectivity index (χ1) is 9.19. The largest absolute Gasteiger partial charge is 0.380 e. The van der Waals surface area contributed by atoms with E-state index in [1.54, 1.807) is 12.4 Å². The van der Waals surface area contributed by atoms with Crippen molar-refractivity contribution in [3.8, 4) is 0 Å². The summed E-state index contributed by atoms with van der Waals surface area (Å²) in [6, 6.07) is 2.22. The molecule has 0 fully saturated rings. The maximum atomic E-state index is 6.04. The van der Waals surface area contributed by atoms with Gasteiger partial charge in [0.05, 0.1) is 30.2 Å². The summed E-state index contributed by atoms with van der Waals surface area (Å²) in [5, 5.41) is 0. The van der Waals surface area contributed by atoms with Crippen LogP contribution in [0.3, 0.4) is 0 Å². The Bertz CT molecular complexity index is 538. The maximum Gasteiger partial charge on any atom is 0.125 e. The van der Waals surface area contributed by atoms with E-state index in [0.29, 0.717) is 25.0 Å². The van der Waals surface area contributed by atoms with Gasteiger partial charge in [0, 0.05) is 12.8 Å². The first kappa shape index (κ1) is 14.3. The van der Waals surface area contributed by atoms with E-state index in [1.807, 2.05) is 13.0 Å². The Morgan fingerprint density at radius 1 is 1.42 bits per heavy atom.